The normalized spacial score (nSPS) is 17.1. The zero-order chi connectivity index (χ0) is 12.8. The molecule has 0 saturated heterocycles. The number of nitrogens with one attached hydrogen (secondary N) is 1. The Morgan fingerprint density at radius 3 is 2.78 bits per heavy atom. The predicted molar refractivity (Wildman–Crippen MR) is 76.7 cm³/mol. The van der Waals surface area contributed by atoms with Crippen molar-refractivity contribution in [2.24, 2.45) is 0 Å². The van der Waals surface area contributed by atoms with Crippen molar-refractivity contribution in [3.63, 3.8) is 0 Å². The average Bonchev–Trinajstić information content (AvgIpc) is 2.46. The molecular formula is C15H25N3. The second kappa shape index (κ2) is 6.74. The van der Waals surface area contributed by atoms with Gasteiger partial charge in [0.1, 0.15) is 5.82 Å². The van der Waals surface area contributed by atoms with Crippen LogP contribution >= 0.6 is 0 Å². The minimum Gasteiger partial charge on any atom is -0.373 e. The van der Waals surface area contributed by atoms with E-state index in [1.807, 2.05) is 13.2 Å². The molecule has 1 aliphatic carbocycles. The molecule has 0 aliphatic heterocycles. The smallest absolute Gasteiger partial charge is 0.125 e. The van der Waals surface area contributed by atoms with Crippen LogP contribution in [-0.4, -0.2) is 29.5 Å². The fourth-order valence-corrected chi connectivity index (χ4v) is 2.89. The van der Waals surface area contributed by atoms with Gasteiger partial charge in [-0.25, -0.2) is 4.98 Å². The predicted octanol–water partition coefficient (Wildman–Crippen LogP) is 3.28. The number of anilines is 1. The van der Waals surface area contributed by atoms with Gasteiger partial charge in [-0.1, -0.05) is 26.2 Å². The van der Waals surface area contributed by atoms with E-state index in [-0.39, 0.29) is 0 Å². The van der Waals surface area contributed by atoms with Crippen molar-refractivity contribution in [3.8, 4) is 0 Å². The number of rotatable bonds is 5. The molecule has 1 heterocycles. The highest BCUT2D eigenvalue weighted by atomic mass is 15.1. The van der Waals surface area contributed by atoms with Gasteiger partial charge in [0.25, 0.3) is 0 Å². The Kier molecular flexibility index (Phi) is 5.00. The summed E-state index contributed by atoms with van der Waals surface area (Å²) in [4.78, 5) is 6.89. The fourth-order valence-electron chi connectivity index (χ4n) is 2.89. The van der Waals surface area contributed by atoms with Crippen LogP contribution in [0.4, 0.5) is 5.82 Å². The van der Waals surface area contributed by atoms with Gasteiger partial charge in [-0.15, -0.1) is 0 Å². The van der Waals surface area contributed by atoms with Gasteiger partial charge in [0.05, 0.1) is 0 Å². The molecule has 0 spiro atoms. The lowest BCUT2D eigenvalue weighted by Crippen LogP contribution is -2.36. The van der Waals surface area contributed by atoms with Crippen molar-refractivity contribution < 1.29 is 0 Å². The lowest BCUT2D eigenvalue weighted by atomic mass is 9.94. The van der Waals surface area contributed by atoms with E-state index in [0.717, 1.165) is 24.9 Å². The van der Waals surface area contributed by atoms with Gasteiger partial charge in [0.2, 0.25) is 0 Å². The molecular weight excluding hydrogens is 222 g/mol. The topological polar surface area (TPSA) is 28.2 Å². The zero-order valence-corrected chi connectivity index (χ0v) is 11.7. The third kappa shape index (κ3) is 3.45. The number of nitrogens with zero attached hydrogens (tertiary/aromatic N) is 2. The van der Waals surface area contributed by atoms with Gasteiger partial charge in [-0.2, -0.15) is 0 Å². The summed E-state index contributed by atoms with van der Waals surface area (Å²) in [6.45, 7) is 4.47. The Bertz CT molecular complexity index is 359. The van der Waals surface area contributed by atoms with E-state index in [2.05, 4.69) is 34.3 Å². The fraction of sp³-hybridized carbons (Fsp3) is 0.667. The molecule has 0 unspecified atom stereocenters. The number of aromatic nitrogens is 1. The molecule has 100 valence electrons. The summed E-state index contributed by atoms with van der Waals surface area (Å²) in [5, 5.41) is 3.11. The monoisotopic (exact) mass is 247 g/mol. The summed E-state index contributed by atoms with van der Waals surface area (Å²) in [5.41, 5.74) is 1.36. The minimum absolute atomic E-state index is 0.787. The molecule has 2 rings (SSSR count). The first kappa shape index (κ1) is 13.3. The molecule has 1 N–H and O–H groups in total. The van der Waals surface area contributed by atoms with E-state index in [4.69, 9.17) is 0 Å². The van der Waals surface area contributed by atoms with Crippen LogP contribution in [0.25, 0.3) is 0 Å². The molecule has 3 heteroatoms. The maximum atomic E-state index is 4.27. The SMILES string of the molecule is CCN(Cc1ccnc(NC)c1)C1CCCCC1. The Balaban J connectivity index is 1.99. The molecule has 18 heavy (non-hydrogen) atoms. The largest absolute Gasteiger partial charge is 0.373 e. The molecule has 0 atom stereocenters. The van der Waals surface area contributed by atoms with Crippen LogP contribution < -0.4 is 5.32 Å². The van der Waals surface area contributed by atoms with Crippen LogP contribution in [-0.2, 0) is 6.54 Å². The molecule has 0 amide bonds. The van der Waals surface area contributed by atoms with Gasteiger partial charge >= 0.3 is 0 Å². The summed E-state index contributed by atoms with van der Waals surface area (Å²) >= 11 is 0. The first-order valence-electron chi connectivity index (χ1n) is 7.20. The van der Waals surface area contributed by atoms with E-state index in [9.17, 15) is 0 Å². The highest BCUT2D eigenvalue weighted by Gasteiger charge is 2.19. The van der Waals surface area contributed by atoms with Gasteiger partial charge in [0.15, 0.2) is 0 Å². The molecule has 1 aliphatic rings. The maximum absolute atomic E-state index is 4.27. The van der Waals surface area contributed by atoms with Gasteiger partial charge in [-0.3, -0.25) is 4.90 Å². The molecule has 1 fully saturated rings. The van der Waals surface area contributed by atoms with Crippen molar-refractivity contribution >= 4 is 5.82 Å². The van der Waals surface area contributed by atoms with Crippen LogP contribution in [0.5, 0.6) is 0 Å². The van der Waals surface area contributed by atoms with Crippen molar-refractivity contribution in [3.05, 3.63) is 23.9 Å². The summed E-state index contributed by atoms with van der Waals surface area (Å²) in [6.07, 6.45) is 8.87. The van der Waals surface area contributed by atoms with Crippen LogP contribution in [0.1, 0.15) is 44.6 Å². The van der Waals surface area contributed by atoms with Gasteiger partial charge in [-0.05, 0) is 37.1 Å². The Labute approximate surface area is 111 Å². The number of hydrogen-bond donors (Lipinski definition) is 1. The molecule has 1 saturated carbocycles. The van der Waals surface area contributed by atoms with E-state index in [1.54, 1.807) is 0 Å². The van der Waals surface area contributed by atoms with Crippen LogP contribution in [0.15, 0.2) is 18.3 Å². The zero-order valence-electron chi connectivity index (χ0n) is 11.7. The lowest BCUT2D eigenvalue weighted by molar-refractivity contribution is 0.156. The minimum atomic E-state index is 0.787. The first-order valence-corrected chi connectivity index (χ1v) is 7.20. The lowest BCUT2D eigenvalue weighted by Gasteiger charge is -2.33. The Hall–Kier alpha value is -1.09. The summed E-state index contributed by atoms with van der Waals surface area (Å²) in [7, 11) is 1.92. The Morgan fingerprint density at radius 1 is 1.33 bits per heavy atom. The highest BCUT2D eigenvalue weighted by Crippen LogP contribution is 2.24. The summed E-state index contributed by atoms with van der Waals surface area (Å²) in [5.74, 6) is 0.965. The molecule has 1 aromatic heterocycles. The van der Waals surface area contributed by atoms with E-state index >= 15 is 0 Å². The number of pyridine rings is 1. The van der Waals surface area contributed by atoms with Crippen molar-refractivity contribution in [2.45, 2.75) is 51.6 Å². The average molecular weight is 247 g/mol. The first-order chi connectivity index (χ1) is 8.83. The maximum Gasteiger partial charge on any atom is 0.125 e. The van der Waals surface area contributed by atoms with E-state index in [1.165, 1.54) is 37.7 Å². The van der Waals surface area contributed by atoms with Crippen LogP contribution in [0.2, 0.25) is 0 Å². The molecule has 0 bridgehead atoms. The quantitative estimate of drug-likeness (QED) is 0.865. The van der Waals surface area contributed by atoms with Crippen molar-refractivity contribution in [1.82, 2.24) is 9.88 Å². The van der Waals surface area contributed by atoms with E-state index < -0.39 is 0 Å². The molecule has 1 aromatic rings. The third-order valence-corrected chi connectivity index (χ3v) is 3.96. The second-order valence-corrected chi connectivity index (χ2v) is 5.15. The van der Waals surface area contributed by atoms with Gasteiger partial charge < -0.3 is 5.32 Å². The summed E-state index contributed by atoms with van der Waals surface area (Å²) < 4.78 is 0. The Morgan fingerprint density at radius 2 is 2.11 bits per heavy atom. The van der Waals surface area contributed by atoms with E-state index in [0.29, 0.717) is 0 Å². The highest BCUT2D eigenvalue weighted by molar-refractivity contribution is 5.36. The van der Waals surface area contributed by atoms with Crippen molar-refractivity contribution in [1.29, 1.82) is 0 Å². The third-order valence-electron chi connectivity index (χ3n) is 3.96. The number of hydrogen-bond acceptors (Lipinski definition) is 3. The standard InChI is InChI=1S/C15H25N3/c1-3-18(14-7-5-4-6-8-14)12-13-9-10-17-15(11-13)16-2/h9-11,14H,3-8,12H2,1-2H3,(H,16,17). The molecule has 0 aromatic carbocycles. The van der Waals surface area contributed by atoms with Crippen LogP contribution in [0.3, 0.4) is 0 Å². The van der Waals surface area contributed by atoms with Crippen LogP contribution in [0, 0.1) is 0 Å². The van der Waals surface area contributed by atoms with Gasteiger partial charge in [0, 0.05) is 25.8 Å². The molecule has 3 nitrogen and oxygen atoms in total. The van der Waals surface area contributed by atoms with Crippen molar-refractivity contribution in [2.75, 3.05) is 18.9 Å². The molecule has 0 radical (unpaired) electrons. The second-order valence-electron chi connectivity index (χ2n) is 5.15. The summed E-state index contributed by atoms with van der Waals surface area (Å²) in [6, 6.07) is 5.08.